The summed E-state index contributed by atoms with van der Waals surface area (Å²) >= 11 is 0. The van der Waals surface area contributed by atoms with Crippen molar-refractivity contribution in [2.24, 2.45) is 11.7 Å². The lowest BCUT2D eigenvalue weighted by atomic mass is 10.0. The fourth-order valence-electron chi connectivity index (χ4n) is 2.01. The molecular weight excluding hydrogens is 326 g/mol. The first-order chi connectivity index (χ1) is 11.5. The third kappa shape index (κ3) is 10.6. The summed E-state index contributed by atoms with van der Waals surface area (Å²) in [5, 5.41) is 5.27. The summed E-state index contributed by atoms with van der Waals surface area (Å²) in [5.41, 5.74) is 5.33. The maximum absolute atomic E-state index is 12.1. The molecule has 2 atom stereocenters. The van der Waals surface area contributed by atoms with Crippen LogP contribution in [0.4, 0.5) is 4.79 Å². The number of carbonyl (C=O) groups is 3. The number of rotatable bonds is 9. The Kier molecular flexibility index (Phi) is 10.1. The Balaban J connectivity index is 4.09. The van der Waals surface area contributed by atoms with Crippen molar-refractivity contribution in [3.63, 3.8) is 0 Å². The molecule has 0 heterocycles. The Morgan fingerprint density at radius 1 is 1.12 bits per heavy atom. The van der Waals surface area contributed by atoms with E-state index in [0.717, 1.165) is 0 Å². The molecule has 0 aromatic heterocycles. The van der Waals surface area contributed by atoms with Gasteiger partial charge in [-0.05, 0) is 46.0 Å². The fourth-order valence-corrected chi connectivity index (χ4v) is 2.01. The predicted octanol–water partition coefficient (Wildman–Crippen LogP) is 1.32. The van der Waals surface area contributed by atoms with E-state index in [9.17, 15) is 14.4 Å². The lowest BCUT2D eigenvalue weighted by Gasteiger charge is -2.22. The second-order valence-electron chi connectivity index (χ2n) is 7.28. The largest absolute Gasteiger partial charge is 0.467 e. The lowest BCUT2D eigenvalue weighted by molar-refractivity contribution is -0.146. The van der Waals surface area contributed by atoms with E-state index in [1.807, 2.05) is 13.8 Å². The minimum Gasteiger partial charge on any atom is -0.467 e. The fraction of sp³-hybridized carbons (Fsp3) is 0.824. The average Bonchev–Trinajstić information content (AvgIpc) is 2.48. The molecule has 8 heteroatoms. The third-order valence-electron chi connectivity index (χ3n) is 3.37. The van der Waals surface area contributed by atoms with Crippen LogP contribution in [-0.4, -0.2) is 49.3 Å². The highest BCUT2D eigenvalue weighted by Gasteiger charge is 2.26. The highest BCUT2D eigenvalue weighted by atomic mass is 16.6. The third-order valence-corrected chi connectivity index (χ3v) is 3.37. The monoisotopic (exact) mass is 359 g/mol. The number of methoxy groups -OCH3 is 1. The van der Waals surface area contributed by atoms with Crippen LogP contribution in [-0.2, 0) is 19.1 Å². The van der Waals surface area contributed by atoms with Gasteiger partial charge in [-0.2, -0.15) is 0 Å². The first-order valence-electron chi connectivity index (χ1n) is 8.58. The molecule has 0 unspecified atom stereocenters. The molecule has 8 nitrogen and oxygen atoms in total. The summed E-state index contributed by atoms with van der Waals surface area (Å²) in [6, 6.07) is -1.43. The molecule has 0 radical (unpaired) electrons. The molecule has 0 saturated carbocycles. The van der Waals surface area contributed by atoms with Gasteiger partial charge in [0.25, 0.3) is 0 Å². The molecule has 146 valence electrons. The predicted molar refractivity (Wildman–Crippen MR) is 94.8 cm³/mol. The molecule has 0 aliphatic carbocycles. The molecule has 0 fully saturated rings. The van der Waals surface area contributed by atoms with Crippen molar-refractivity contribution >= 4 is 18.0 Å². The quantitative estimate of drug-likeness (QED) is 0.422. The molecule has 2 amide bonds. The van der Waals surface area contributed by atoms with Gasteiger partial charge in [0.2, 0.25) is 5.91 Å². The number of amides is 2. The van der Waals surface area contributed by atoms with Crippen molar-refractivity contribution in [2.45, 2.75) is 71.6 Å². The number of hydrogen-bond acceptors (Lipinski definition) is 6. The van der Waals surface area contributed by atoms with Crippen LogP contribution in [0.3, 0.4) is 0 Å². The van der Waals surface area contributed by atoms with Gasteiger partial charge in [-0.15, -0.1) is 0 Å². The van der Waals surface area contributed by atoms with Gasteiger partial charge in [-0.1, -0.05) is 13.8 Å². The molecule has 0 aromatic carbocycles. The maximum Gasteiger partial charge on any atom is 0.407 e. The number of carbonyl (C=O) groups excluding carboxylic acids is 3. The van der Waals surface area contributed by atoms with Gasteiger partial charge >= 0.3 is 12.1 Å². The summed E-state index contributed by atoms with van der Waals surface area (Å²) < 4.78 is 9.80. The van der Waals surface area contributed by atoms with Crippen LogP contribution in [0.25, 0.3) is 0 Å². The normalized spacial score (nSPS) is 13.8. The SMILES string of the molecule is COC(=O)[C@@H](NC(=O)[C@@H](N)CCCCNC(=O)OC(C)(C)C)C(C)C. The van der Waals surface area contributed by atoms with E-state index in [-0.39, 0.29) is 11.8 Å². The molecule has 0 aliphatic heterocycles. The van der Waals surface area contributed by atoms with Crippen LogP contribution in [0.5, 0.6) is 0 Å². The molecule has 25 heavy (non-hydrogen) atoms. The van der Waals surface area contributed by atoms with Gasteiger partial charge in [-0.3, -0.25) is 4.79 Å². The minimum absolute atomic E-state index is 0.0957. The van der Waals surface area contributed by atoms with E-state index in [4.69, 9.17) is 10.5 Å². The smallest absolute Gasteiger partial charge is 0.407 e. The number of ether oxygens (including phenoxy) is 2. The van der Waals surface area contributed by atoms with E-state index in [2.05, 4.69) is 15.4 Å². The first-order valence-corrected chi connectivity index (χ1v) is 8.58. The van der Waals surface area contributed by atoms with Crippen LogP contribution < -0.4 is 16.4 Å². The summed E-state index contributed by atoms with van der Waals surface area (Å²) in [5.74, 6) is -0.969. The average molecular weight is 359 g/mol. The van der Waals surface area contributed by atoms with Crippen LogP contribution in [0.2, 0.25) is 0 Å². The summed E-state index contributed by atoms with van der Waals surface area (Å²) in [6.45, 7) is 9.46. The number of unbranched alkanes of at least 4 members (excludes halogenated alkanes) is 1. The van der Waals surface area contributed by atoms with Crippen LogP contribution in [0, 0.1) is 5.92 Å². The number of nitrogens with one attached hydrogen (secondary N) is 2. The van der Waals surface area contributed by atoms with E-state index in [1.54, 1.807) is 20.8 Å². The van der Waals surface area contributed by atoms with Crippen LogP contribution >= 0.6 is 0 Å². The van der Waals surface area contributed by atoms with Crippen molar-refractivity contribution < 1.29 is 23.9 Å². The maximum atomic E-state index is 12.1. The minimum atomic E-state index is -0.715. The van der Waals surface area contributed by atoms with Crippen molar-refractivity contribution in [2.75, 3.05) is 13.7 Å². The van der Waals surface area contributed by atoms with E-state index < -0.39 is 29.7 Å². The summed E-state index contributed by atoms with van der Waals surface area (Å²) in [7, 11) is 1.28. The topological polar surface area (TPSA) is 120 Å². The van der Waals surface area contributed by atoms with Gasteiger partial charge in [0.05, 0.1) is 13.2 Å². The number of alkyl carbamates (subject to hydrolysis) is 1. The zero-order valence-corrected chi connectivity index (χ0v) is 16.2. The van der Waals surface area contributed by atoms with Gasteiger partial charge in [0.15, 0.2) is 0 Å². The Morgan fingerprint density at radius 2 is 1.72 bits per heavy atom. The number of hydrogen-bond donors (Lipinski definition) is 3. The molecule has 0 bridgehead atoms. The van der Waals surface area contributed by atoms with Crippen molar-refractivity contribution in [1.82, 2.24) is 10.6 Å². The second kappa shape index (κ2) is 10.9. The zero-order valence-electron chi connectivity index (χ0n) is 16.2. The first kappa shape index (κ1) is 23.2. The Bertz CT molecular complexity index is 446. The van der Waals surface area contributed by atoms with Crippen LogP contribution in [0.1, 0.15) is 53.9 Å². The summed E-state index contributed by atoms with van der Waals surface area (Å²) in [6.07, 6.45) is 1.32. The summed E-state index contributed by atoms with van der Waals surface area (Å²) in [4.78, 5) is 35.2. The molecule has 0 aromatic rings. The Labute approximate surface area is 150 Å². The van der Waals surface area contributed by atoms with E-state index in [0.29, 0.717) is 25.8 Å². The highest BCUT2D eigenvalue weighted by molar-refractivity contribution is 5.87. The standard InChI is InChI=1S/C17H33N3O5/c1-11(2)13(15(22)24-6)20-14(21)12(18)9-7-8-10-19-16(23)25-17(3,4)5/h11-13H,7-10,18H2,1-6H3,(H,19,23)(H,20,21)/t12-,13-/m0/s1. The second-order valence-corrected chi connectivity index (χ2v) is 7.28. The molecule has 4 N–H and O–H groups in total. The van der Waals surface area contributed by atoms with Gasteiger partial charge in [0.1, 0.15) is 11.6 Å². The lowest BCUT2D eigenvalue weighted by Crippen LogP contribution is -2.50. The van der Waals surface area contributed by atoms with E-state index >= 15 is 0 Å². The van der Waals surface area contributed by atoms with Crippen molar-refractivity contribution in [1.29, 1.82) is 0 Å². The van der Waals surface area contributed by atoms with E-state index in [1.165, 1.54) is 7.11 Å². The molecule has 0 aliphatic rings. The van der Waals surface area contributed by atoms with Gasteiger partial charge < -0.3 is 25.8 Å². The zero-order chi connectivity index (χ0) is 19.6. The molecule has 0 saturated heterocycles. The molecular formula is C17H33N3O5. The van der Waals surface area contributed by atoms with Crippen molar-refractivity contribution in [3.8, 4) is 0 Å². The highest BCUT2D eigenvalue weighted by Crippen LogP contribution is 2.07. The molecule has 0 rings (SSSR count). The Morgan fingerprint density at radius 3 is 2.20 bits per heavy atom. The Hall–Kier alpha value is -1.83. The van der Waals surface area contributed by atoms with Gasteiger partial charge in [0, 0.05) is 6.54 Å². The molecule has 0 spiro atoms. The van der Waals surface area contributed by atoms with Crippen molar-refractivity contribution in [3.05, 3.63) is 0 Å². The van der Waals surface area contributed by atoms with Gasteiger partial charge in [-0.25, -0.2) is 9.59 Å². The number of esters is 1. The van der Waals surface area contributed by atoms with Crippen LogP contribution in [0.15, 0.2) is 0 Å². The number of nitrogens with two attached hydrogens (primary N) is 1.